The maximum Gasteiger partial charge on any atom is 0.335 e. The highest BCUT2D eigenvalue weighted by molar-refractivity contribution is 14.1. The number of urea groups is 1. The molecule has 4 rings (SSSR count). The number of barbiturate groups is 1. The maximum atomic E-state index is 13.3. The van der Waals surface area contributed by atoms with Crippen molar-refractivity contribution in [2.45, 2.75) is 20.5 Å². The highest BCUT2D eigenvalue weighted by Gasteiger charge is 2.37. The van der Waals surface area contributed by atoms with Crippen LogP contribution in [0.15, 0.2) is 60.2 Å². The Morgan fingerprint density at radius 3 is 2.41 bits per heavy atom. The van der Waals surface area contributed by atoms with Crippen LogP contribution >= 0.6 is 45.8 Å². The number of halogens is 3. The third kappa shape index (κ3) is 6.08. The average Bonchev–Trinajstić information content (AvgIpc) is 2.84. The summed E-state index contributed by atoms with van der Waals surface area (Å²) in [4.78, 5) is 39.3. The van der Waals surface area contributed by atoms with Crippen LogP contribution in [0.25, 0.3) is 6.08 Å². The lowest BCUT2D eigenvalue weighted by atomic mass is 10.1. The molecule has 1 fully saturated rings. The summed E-state index contributed by atoms with van der Waals surface area (Å²) in [5.74, 6) is -0.563. The monoisotopic (exact) mass is 650 g/mol. The number of anilines is 1. The number of carbonyl (C=O) groups is 3. The van der Waals surface area contributed by atoms with Crippen LogP contribution < -0.4 is 19.7 Å². The molecule has 1 saturated heterocycles. The summed E-state index contributed by atoms with van der Waals surface area (Å²) in [6, 6.07) is 14.7. The molecule has 190 valence electrons. The van der Waals surface area contributed by atoms with Crippen LogP contribution in [0.1, 0.15) is 23.6 Å². The zero-order valence-corrected chi connectivity index (χ0v) is 23.5. The predicted molar refractivity (Wildman–Crippen MR) is 151 cm³/mol. The summed E-state index contributed by atoms with van der Waals surface area (Å²) in [7, 11) is 0. The van der Waals surface area contributed by atoms with Gasteiger partial charge in [-0.2, -0.15) is 0 Å². The second-order valence-electron chi connectivity index (χ2n) is 8.07. The Hall–Kier alpha value is -3.08. The van der Waals surface area contributed by atoms with Gasteiger partial charge >= 0.3 is 6.03 Å². The fraction of sp³-hybridized carbons (Fsp3) is 0.148. The van der Waals surface area contributed by atoms with E-state index in [4.69, 9.17) is 32.7 Å². The van der Waals surface area contributed by atoms with E-state index in [0.29, 0.717) is 43.9 Å². The summed E-state index contributed by atoms with van der Waals surface area (Å²) in [5, 5.41) is 3.25. The van der Waals surface area contributed by atoms with Gasteiger partial charge in [0.1, 0.15) is 12.2 Å². The molecule has 0 bridgehead atoms. The van der Waals surface area contributed by atoms with Crippen molar-refractivity contribution in [2.75, 3.05) is 11.5 Å². The number of nitrogens with zero attached hydrogens (tertiary/aromatic N) is 1. The van der Waals surface area contributed by atoms with Crippen LogP contribution in [0.5, 0.6) is 11.5 Å². The molecule has 1 heterocycles. The van der Waals surface area contributed by atoms with Gasteiger partial charge in [-0.25, -0.2) is 9.69 Å². The molecule has 0 spiro atoms. The standard InChI is InChI=1S/C27H21Cl2IN2O5/c1-3-36-23-12-17(11-22(30)24(23)37-14-16-5-7-18(28)8-6-16)10-20-25(33)31-27(35)32(26(20)34)19-9-4-15(2)21(29)13-19/h4-13H,3,14H2,1-2H3,(H,31,33,35)/b20-10-. The molecule has 1 N–H and O–H groups in total. The molecule has 4 amide bonds. The van der Waals surface area contributed by atoms with E-state index in [-0.39, 0.29) is 11.3 Å². The number of benzene rings is 3. The summed E-state index contributed by atoms with van der Waals surface area (Å²) in [6.45, 7) is 4.32. The van der Waals surface area contributed by atoms with Crippen LogP contribution in [0.2, 0.25) is 10.0 Å². The Labute approximate surface area is 237 Å². The number of carbonyl (C=O) groups excluding carboxylic acids is 3. The van der Waals surface area contributed by atoms with E-state index in [1.54, 1.807) is 43.3 Å². The fourth-order valence-corrected chi connectivity index (χ4v) is 4.67. The number of hydrogen-bond donors (Lipinski definition) is 1. The molecule has 10 heteroatoms. The first-order chi connectivity index (χ1) is 17.7. The van der Waals surface area contributed by atoms with Crippen molar-refractivity contribution in [3.63, 3.8) is 0 Å². The molecule has 0 unspecified atom stereocenters. The molecule has 0 aromatic heterocycles. The van der Waals surface area contributed by atoms with Gasteiger partial charge < -0.3 is 9.47 Å². The molecule has 0 radical (unpaired) electrons. The molecular formula is C27H21Cl2IN2O5. The minimum absolute atomic E-state index is 0.204. The van der Waals surface area contributed by atoms with Crippen molar-refractivity contribution in [1.29, 1.82) is 0 Å². The molecular weight excluding hydrogens is 630 g/mol. The third-order valence-electron chi connectivity index (χ3n) is 5.45. The van der Waals surface area contributed by atoms with Crippen molar-refractivity contribution >= 4 is 75.4 Å². The van der Waals surface area contributed by atoms with E-state index in [9.17, 15) is 14.4 Å². The largest absolute Gasteiger partial charge is 0.490 e. The highest BCUT2D eigenvalue weighted by atomic mass is 127. The Bertz CT molecular complexity index is 1420. The van der Waals surface area contributed by atoms with E-state index in [1.807, 2.05) is 19.1 Å². The van der Waals surface area contributed by atoms with Gasteiger partial charge in [-0.15, -0.1) is 0 Å². The topological polar surface area (TPSA) is 84.9 Å². The highest BCUT2D eigenvalue weighted by Crippen LogP contribution is 2.36. The number of amides is 4. The van der Waals surface area contributed by atoms with E-state index in [1.165, 1.54) is 12.1 Å². The molecule has 0 atom stereocenters. The molecule has 1 aliphatic heterocycles. The number of nitrogens with one attached hydrogen (secondary N) is 1. The molecule has 7 nitrogen and oxygen atoms in total. The van der Waals surface area contributed by atoms with Gasteiger partial charge in [0.2, 0.25) is 0 Å². The normalized spacial score (nSPS) is 14.7. The van der Waals surface area contributed by atoms with Gasteiger partial charge in [0.15, 0.2) is 11.5 Å². The SMILES string of the molecule is CCOc1cc(/C=C2/C(=O)NC(=O)N(c3ccc(C)c(Cl)c3)C2=O)cc(I)c1OCc1ccc(Cl)cc1. The number of ether oxygens (including phenoxy) is 2. The van der Waals surface area contributed by atoms with Gasteiger partial charge in [-0.3, -0.25) is 14.9 Å². The quantitative estimate of drug-likeness (QED) is 0.178. The van der Waals surface area contributed by atoms with Crippen molar-refractivity contribution in [2.24, 2.45) is 0 Å². The Balaban J connectivity index is 1.66. The molecule has 37 heavy (non-hydrogen) atoms. The molecule has 3 aromatic rings. The Morgan fingerprint density at radius 1 is 1.00 bits per heavy atom. The van der Waals surface area contributed by atoms with Gasteiger partial charge in [0, 0.05) is 10.0 Å². The number of rotatable bonds is 7. The van der Waals surface area contributed by atoms with Crippen molar-refractivity contribution in [1.82, 2.24) is 5.32 Å². The first-order valence-corrected chi connectivity index (χ1v) is 13.0. The maximum absolute atomic E-state index is 13.3. The first kappa shape index (κ1) is 27.0. The Kier molecular flexibility index (Phi) is 8.41. The summed E-state index contributed by atoms with van der Waals surface area (Å²) < 4.78 is 12.5. The number of aryl methyl sites for hydroxylation is 1. The van der Waals surface area contributed by atoms with Crippen LogP contribution in [0.3, 0.4) is 0 Å². The summed E-state index contributed by atoms with van der Waals surface area (Å²) in [6.07, 6.45) is 1.42. The van der Waals surface area contributed by atoms with E-state index in [2.05, 4.69) is 27.9 Å². The lowest BCUT2D eigenvalue weighted by Gasteiger charge is -2.26. The minimum atomic E-state index is -0.845. The van der Waals surface area contributed by atoms with Gasteiger partial charge in [0.05, 0.1) is 15.9 Å². The average molecular weight is 651 g/mol. The van der Waals surface area contributed by atoms with Crippen LogP contribution in [-0.2, 0) is 16.2 Å². The molecule has 3 aromatic carbocycles. The second-order valence-corrected chi connectivity index (χ2v) is 10.1. The summed E-state index contributed by atoms with van der Waals surface area (Å²) >= 11 is 14.3. The van der Waals surface area contributed by atoms with E-state index < -0.39 is 17.8 Å². The van der Waals surface area contributed by atoms with Gasteiger partial charge in [-0.05, 0) is 95.6 Å². The van der Waals surface area contributed by atoms with Crippen molar-refractivity contribution in [3.8, 4) is 11.5 Å². The summed E-state index contributed by atoms with van der Waals surface area (Å²) in [5.41, 5.74) is 2.30. The molecule has 0 aliphatic carbocycles. The van der Waals surface area contributed by atoms with Crippen LogP contribution in [-0.4, -0.2) is 24.5 Å². The van der Waals surface area contributed by atoms with Crippen LogP contribution in [0, 0.1) is 10.5 Å². The van der Waals surface area contributed by atoms with Gasteiger partial charge in [0.25, 0.3) is 11.8 Å². The van der Waals surface area contributed by atoms with Crippen molar-refractivity contribution in [3.05, 3.63) is 90.5 Å². The Morgan fingerprint density at radius 2 is 1.73 bits per heavy atom. The lowest BCUT2D eigenvalue weighted by molar-refractivity contribution is -0.122. The third-order valence-corrected chi connectivity index (χ3v) is 6.91. The molecule has 1 aliphatic rings. The molecule has 0 saturated carbocycles. The number of imide groups is 2. The van der Waals surface area contributed by atoms with Crippen LogP contribution in [0.4, 0.5) is 10.5 Å². The number of hydrogen-bond acceptors (Lipinski definition) is 5. The van der Waals surface area contributed by atoms with E-state index in [0.717, 1.165) is 16.0 Å². The van der Waals surface area contributed by atoms with E-state index >= 15 is 0 Å². The predicted octanol–water partition coefficient (Wildman–Crippen LogP) is 6.55. The zero-order valence-electron chi connectivity index (χ0n) is 19.8. The lowest BCUT2D eigenvalue weighted by Crippen LogP contribution is -2.54. The van der Waals surface area contributed by atoms with Crippen molar-refractivity contribution < 1.29 is 23.9 Å². The minimum Gasteiger partial charge on any atom is -0.490 e. The zero-order chi connectivity index (χ0) is 26.7. The van der Waals surface area contributed by atoms with Gasteiger partial charge in [-0.1, -0.05) is 41.4 Å². The fourth-order valence-electron chi connectivity index (χ4n) is 3.59. The smallest absolute Gasteiger partial charge is 0.335 e. The second kappa shape index (κ2) is 11.5. The first-order valence-electron chi connectivity index (χ1n) is 11.2.